The molecule has 0 aliphatic carbocycles. The molecule has 0 fully saturated rings. The fourth-order valence-corrected chi connectivity index (χ4v) is 1.40. The number of nitrogen functional groups attached to an aromatic ring is 1. The predicted octanol–water partition coefficient (Wildman–Crippen LogP) is 2.89. The maximum Gasteiger partial charge on any atom is 0.178 e. The highest BCUT2D eigenvalue weighted by atomic mass is 79.9. The second-order valence-corrected chi connectivity index (χ2v) is 4.52. The van der Waals surface area contributed by atoms with Gasteiger partial charge in [0.1, 0.15) is 0 Å². The third-order valence-corrected chi connectivity index (χ3v) is 2.29. The number of carbonyl (C=O) groups is 1. The van der Waals surface area contributed by atoms with Gasteiger partial charge >= 0.3 is 0 Å². The van der Waals surface area contributed by atoms with Crippen LogP contribution in [0.2, 0.25) is 5.02 Å². The van der Waals surface area contributed by atoms with Crippen LogP contribution in [0.5, 0.6) is 0 Å². The van der Waals surface area contributed by atoms with Crippen LogP contribution >= 0.6 is 27.5 Å². The van der Waals surface area contributed by atoms with Crippen molar-refractivity contribution < 1.29 is 4.79 Å². The normalized spacial score (nSPS) is 12.5. The first-order valence-corrected chi connectivity index (χ1v) is 5.05. The Kier molecular flexibility index (Phi) is 3.33. The molecule has 0 saturated carbocycles. The lowest BCUT2D eigenvalue weighted by Gasteiger charge is -2.06. The molecular formula is C9H9BrClNO. The number of rotatable bonds is 2. The summed E-state index contributed by atoms with van der Waals surface area (Å²) in [6.45, 7) is 1.76. The summed E-state index contributed by atoms with van der Waals surface area (Å²) >= 11 is 8.89. The van der Waals surface area contributed by atoms with Crippen molar-refractivity contribution in [1.29, 1.82) is 0 Å². The zero-order chi connectivity index (χ0) is 10.0. The Morgan fingerprint density at radius 2 is 2.23 bits per heavy atom. The van der Waals surface area contributed by atoms with Crippen LogP contribution in [0.3, 0.4) is 0 Å². The zero-order valence-corrected chi connectivity index (χ0v) is 9.39. The van der Waals surface area contributed by atoms with Gasteiger partial charge in [0.05, 0.1) is 4.83 Å². The predicted molar refractivity (Wildman–Crippen MR) is 58.6 cm³/mol. The molecule has 0 aromatic heterocycles. The van der Waals surface area contributed by atoms with Crippen LogP contribution in [0.15, 0.2) is 18.2 Å². The number of ketones is 1. The van der Waals surface area contributed by atoms with Crippen LogP contribution in [0.25, 0.3) is 0 Å². The van der Waals surface area contributed by atoms with Crippen LogP contribution in [0.1, 0.15) is 17.3 Å². The number of nitrogens with two attached hydrogens (primary N) is 1. The molecule has 0 aliphatic rings. The molecule has 4 heteroatoms. The van der Waals surface area contributed by atoms with Gasteiger partial charge < -0.3 is 5.73 Å². The lowest BCUT2D eigenvalue weighted by Crippen LogP contribution is -2.12. The number of hydrogen-bond acceptors (Lipinski definition) is 2. The number of halogens is 2. The van der Waals surface area contributed by atoms with Crippen LogP contribution in [-0.4, -0.2) is 10.6 Å². The number of anilines is 1. The van der Waals surface area contributed by atoms with Crippen molar-refractivity contribution in [3.8, 4) is 0 Å². The summed E-state index contributed by atoms with van der Waals surface area (Å²) in [6.07, 6.45) is 0. The Morgan fingerprint density at radius 3 is 2.69 bits per heavy atom. The number of Topliss-reactive ketones (excluding diaryl/α,β-unsaturated/α-hetero) is 1. The Balaban J connectivity index is 3.09. The molecule has 1 atom stereocenters. The van der Waals surface area contributed by atoms with Gasteiger partial charge in [-0.25, -0.2) is 0 Å². The Hall–Kier alpha value is -0.540. The molecule has 0 aliphatic heterocycles. The average molecular weight is 263 g/mol. The van der Waals surface area contributed by atoms with E-state index in [2.05, 4.69) is 15.9 Å². The van der Waals surface area contributed by atoms with E-state index >= 15 is 0 Å². The summed E-state index contributed by atoms with van der Waals surface area (Å²) in [5, 5.41) is 0.538. The zero-order valence-electron chi connectivity index (χ0n) is 7.05. The number of carbonyl (C=O) groups excluding carboxylic acids is 1. The summed E-state index contributed by atoms with van der Waals surface area (Å²) in [5.74, 6) is -0.0332. The molecule has 0 saturated heterocycles. The van der Waals surface area contributed by atoms with E-state index in [4.69, 9.17) is 17.3 Å². The summed E-state index contributed by atoms with van der Waals surface area (Å²) in [6, 6.07) is 4.86. The molecule has 2 N–H and O–H groups in total. The van der Waals surface area contributed by atoms with Crippen LogP contribution in [0, 0.1) is 0 Å². The van der Waals surface area contributed by atoms with Gasteiger partial charge in [-0.3, -0.25) is 4.79 Å². The van der Waals surface area contributed by atoms with Gasteiger partial charge in [-0.1, -0.05) is 27.5 Å². The quantitative estimate of drug-likeness (QED) is 0.506. The molecular weight excluding hydrogens is 253 g/mol. The SMILES string of the molecule is CC(Br)C(=O)c1ccc(Cl)cc1N. The van der Waals surface area contributed by atoms with Gasteiger partial charge in [-0.05, 0) is 25.1 Å². The Labute approximate surface area is 90.2 Å². The summed E-state index contributed by atoms with van der Waals surface area (Å²) in [4.78, 5) is 11.3. The third kappa shape index (κ3) is 2.45. The molecule has 1 aromatic rings. The van der Waals surface area contributed by atoms with Crippen molar-refractivity contribution in [2.75, 3.05) is 5.73 Å². The molecule has 1 aromatic carbocycles. The molecule has 13 heavy (non-hydrogen) atoms. The van der Waals surface area contributed by atoms with E-state index < -0.39 is 0 Å². The molecule has 1 rings (SSSR count). The van der Waals surface area contributed by atoms with Gasteiger partial charge in [-0.2, -0.15) is 0 Å². The van der Waals surface area contributed by atoms with Gasteiger partial charge in [0.15, 0.2) is 5.78 Å². The molecule has 2 nitrogen and oxygen atoms in total. The van der Waals surface area contributed by atoms with Crippen molar-refractivity contribution in [3.63, 3.8) is 0 Å². The summed E-state index contributed by atoms with van der Waals surface area (Å²) in [5.41, 5.74) is 6.56. The minimum absolute atomic E-state index is 0.0332. The maximum atomic E-state index is 11.5. The average Bonchev–Trinajstić information content (AvgIpc) is 2.03. The van der Waals surface area contributed by atoms with Gasteiger partial charge in [0, 0.05) is 16.3 Å². The van der Waals surface area contributed by atoms with Crippen molar-refractivity contribution in [1.82, 2.24) is 0 Å². The monoisotopic (exact) mass is 261 g/mol. The first-order valence-electron chi connectivity index (χ1n) is 3.75. The first-order chi connectivity index (χ1) is 6.02. The molecule has 0 radical (unpaired) electrons. The molecule has 0 amide bonds. The van der Waals surface area contributed by atoms with Gasteiger partial charge in [-0.15, -0.1) is 0 Å². The summed E-state index contributed by atoms with van der Waals surface area (Å²) < 4.78 is 0. The molecule has 0 bridgehead atoms. The Morgan fingerprint density at radius 1 is 1.62 bits per heavy atom. The fourth-order valence-electron chi connectivity index (χ4n) is 0.972. The Bertz CT molecular complexity index is 338. The second-order valence-electron chi connectivity index (χ2n) is 2.71. The van der Waals surface area contributed by atoms with Crippen molar-refractivity contribution in [2.24, 2.45) is 0 Å². The van der Waals surface area contributed by atoms with Crippen molar-refractivity contribution in [3.05, 3.63) is 28.8 Å². The third-order valence-electron chi connectivity index (χ3n) is 1.64. The standard InChI is InChI=1S/C9H9BrClNO/c1-5(10)9(13)7-3-2-6(11)4-8(7)12/h2-5H,12H2,1H3. The lowest BCUT2D eigenvalue weighted by molar-refractivity contribution is 0.0996. The van der Waals surface area contributed by atoms with Gasteiger partial charge in [0.2, 0.25) is 0 Å². The van der Waals surface area contributed by atoms with Gasteiger partial charge in [0.25, 0.3) is 0 Å². The van der Waals surface area contributed by atoms with E-state index in [1.807, 2.05) is 0 Å². The second kappa shape index (κ2) is 4.11. The topological polar surface area (TPSA) is 43.1 Å². The first kappa shape index (κ1) is 10.5. The summed E-state index contributed by atoms with van der Waals surface area (Å²) in [7, 11) is 0. The smallest absolute Gasteiger partial charge is 0.178 e. The molecule has 70 valence electrons. The number of benzene rings is 1. The van der Waals surface area contributed by atoms with Crippen LogP contribution < -0.4 is 5.73 Å². The fraction of sp³-hybridized carbons (Fsp3) is 0.222. The minimum atomic E-state index is -0.226. The minimum Gasteiger partial charge on any atom is -0.398 e. The van der Waals surface area contributed by atoms with Crippen molar-refractivity contribution in [2.45, 2.75) is 11.8 Å². The lowest BCUT2D eigenvalue weighted by atomic mass is 10.1. The largest absolute Gasteiger partial charge is 0.398 e. The highest BCUT2D eigenvalue weighted by Crippen LogP contribution is 2.20. The van der Waals surface area contributed by atoms with E-state index in [0.717, 1.165) is 0 Å². The highest BCUT2D eigenvalue weighted by molar-refractivity contribution is 9.10. The van der Waals surface area contributed by atoms with E-state index in [-0.39, 0.29) is 10.6 Å². The molecule has 1 unspecified atom stereocenters. The molecule has 0 spiro atoms. The van der Waals surface area contributed by atoms with E-state index in [1.165, 1.54) is 0 Å². The number of hydrogen-bond donors (Lipinski definition) is 1. The van der Waals surface area contributed by atoms with Crippen molar-refractivity contribution >= 4 is 39.0 Å². The maximum absolute atomic E-state index is 11.5. The van der Waals surface area contributed by atoms with Crippen LogP contribution in [-0.2, 0) is 0 Å². The molecule has 0 heterocycles. The van der Waals surface area contributed by atoms with Crippen LogP contribution in [0.4, 0.5) is 5.69 Å². The van der Waals surface area contributed by atoms with E-state index in [0.29, 0.717) is 16.3 Å². The number of alkyl halides is 1. The highest BCUT2D eigenvalue weighted by Gasteiger charge is 2.14. The van der Waals surface area contributed by atoms with E-state index in [9.17, 15) is 4.79 Å². The van der Waals surface area contributed by atoms with E-state index in [1.54, 1.807) is 25.1 Å².